The minimum absolute atomic E-state index is 0.167. The SMILES string of the molecule is CC[N+](=C=O)C1(C)CC([N+](=O)[O-])CCC1OC. The molecular formula is C11H19N2O4+. The number of ether oxygens (including phenoxy) is 1. The maximum Gasteiger partial charge on any atom is 0.424 e. The van der Waals surface area contributed by atoms with Gasteiger partial charge in [0.15, 0.2) is 6.54 Å². The molecule has 0 aromatic heterocycles. The van der Waals surface area contributed by atoms with E-state index in [2.05, 4.69) is 0 Å². The van der Waals surface area contributed by atoms with E-state index in [1.54, 1.807) is 7.11 Å². The van der Waals surface area contributed by atoms with E-state index in [1.807, 2.05) is 19.9 Å². The molecule has 0 amide bonds. The second kappa shape index (κ2) is 5.38. The van der Waals surface area contributed by atoms with Crippen LogP contribution in [0.5, 0.6) is 0 Å². The van der Waals surface area contributed by atoms with Gasteiger partial charge in [-0.15, -0.1) is 4.58 Å². The van der Waals surface area contributed by atoms with Crippen LogP contribution in [0, 0.1) is 10.1 Å². The van der Waals surface area contributed by atoms with Gasteiger partial charge in [-0.3, -0.25) is 10.1 Å². The van der Waals surface area contributed by atoms with Gasteiger partial charge in [0.2, 0.25) is 11.6 Å². The van der Waals surface area contributed by atoms with Crippen molar-refractivity contribution in [1.29, 1.82) is 0 Å². The Morgan fingerprint density at radius 3 is 2.59 bits per heavy atom. The first kappa shape index (κ1) is 13.8. The zero-order chi connectivity index (χ0) is 13.1. The lowest BCUT2D eigenvalue weighted by molar-refractivity contribution is -0.632. The third-order valence-corrected chi connectivity index (χ3v) is 3.73. The van der Waals surface area contributed by atoms with Gasteiger partial charge in [0.25, 0.3) is 0 Å². The monoisotopic (exact) mass is 243 g/mol. The first-order chi connectivity index (χ1) is 7.99. The number of rotatable bonds is 4. The zero-order valence-corrected chi connectivity index (χ0v) is 10.5. The summed E-state index contributed by atoms with van der Waals surface area (Å²) in [4.78, 5) is 21.6. The lowest BCUT2D eigenvalue weighted by Crippen LogP contribution is -2.56. The van der Waals surface area contributed by atoms with Crippen LogP contribution in [0.3, 0.4) is 0 Å². The molecule has 0 aromatic carbocycles. The van der Waals surface area contributed by atoms with Crippen molar-refractivity contribution >= 4 is 6.08 Å². The van der Waals surface area contributed by atoms with Crippen LogP contribution in [0.1, 0.15) is 33.1 Å². The molecule has 6 nitrogen and oxygen atoms in total. The van der Waals surface area contributed by atoms with Gasteiger partial charge < -0.3 is 4.74 Å². The topological polar surface area (TPSA) is 72.5 Å². The molecule has 0 saturated heterocycles. The molecule has 0 aliphatic heterocycles. The highest BCUT2D eigenvalue weighted by Gasteiger charge is 2.53. The number of isocyanates is 1. The second-order valence-corrected chi connectivity index (χ2v) is 4.64. The highest BCUT2D eigenvalue weighted by atomic mass is 16.6. The Kier molecular flexibility index (Phi) is 4.37. The number of nitro groups is 1. The van der Waals surface area contributed by atoms with Crippen LogP contribution >= 0.6 is 0 Å². The molecule has 3 unspecified atom stereocenters. The summed E-state index contributed by atoms with van der Waals surface area (Å²) in [5.74, 6) is 0. The maximum absolute atomic E-state index is 11.0. The molecule has 0 aromatic rings. The Labute approximate surface area is 100 Å². The Bertz CT molecular complexity index is 351. The third-order valence-electron chi connectivity index (χ3n) is 3.73. The molecule has 1 aliphatic rings. The van der Waals surface area contributed by atoms with E-state index in [-0.39, 0.29) is 11.0 Å². The van der Waals surface area contributed by atoms with E-state index in [9.17, 15) is 14.9 Å². The summed E-state index contributed by atoms with van der Waals surface area (Å²) in [6.07, 6.45) is 3.11. The number of hydrogen-bond donors (Lipinski definition) is 0. The van der Waals surface area contributed by atoms with Crippen molar-refractivity contribution in [2.24, 2.45) is 0 Å². The van der Waals surface area contributed by atoms with Gasteiger partial charge in [0.1, 0.15) is 6.10 Å². The van der Waals surface area contributed by atoms with Gasteiger partial charge >= 0.3 is 6.08 Å². The van der Waals surface area contributed by atoms with Crippen LogP contribution < -0.4 is 0 Å². The molecular weight excluding hydrogens is 224 g/mol. The summed E-state index contributed by atoms with van der Waals surface area (Å²) >= 11 is 0. The van der Waals surface area contributed by atoms with Crippen LogP contribution in [0.15, 0.2) is 0 Å². The molecule has 3 atom stereocenters. The van der Waals surface area contributed by atoms with Crippen LogP contribution in [-0.4, -0.2) is 46.9 Å². The van der Waals surface area contributed by atoms with Crippen molar-refractivity contribution in [3.05, 3.63) is 10.1 Å². The van der Waals surface area contributed by atoms with Crippen molar-refractivity contribution in [2.75, 3.05) is 13.7 Å². The summed E-state index contributed by atoms with van der Waals surface area (Å²) in [6.45, 7) is 4.15. The number of hydrogen-bond acceptors (Lipinski definition) is 4. The summed E-state index contributed by atoms with van der Waals surface area (Å²) in [7, 11) is 1.58. The molecule has 6 heteroatoms. The molecule has 0 heterocycles. The van der Waals surface area contributed by atoms with Gasteiger partial charge in [0, 0.05) is 25.4 Å². The van der Waals surface area contributed by atoms with E-state index in [1.165, 1.54) is 4.58 Å². The van der Waals surface area contributed by atoms with Crippen LogP contribution in [-0.2, 0) is 9.53 Å². The van der Waals surface area contributed by atoms with E-state index in [0.29, 0.717) is 25.8 Å². The van der Waals surface area contributed by atoms with Crippen LogP contribution in [0.2, 0.25) is 0 Å². The fraction of sp³-hybridized carbons (Fsp3) is 0.909. The zero-order valence-electron chi connectivity index (χ0n) is 10.5. The van der Waals surface area contributed by atoms with Crippen LogP contribution in [0.25, 0.3) is 0 Å². The summed E-state index contributed by atoms with van der Waals surface area (Å²) in [6, 6.07) is -0.603. The van der Waals surface area contributed by atoms with Crippen LogP contribution in [0.4, 0.5) is 0 Å². The Balaban J connectivity index is 3.04. The van der Waals surface area contributed by atoms with E-state index in [4.69, 9.17) is 4.74 Å². The predicted molar refractivity (Wildman–Crippen MR) is 60.3 cm³/mol. The highest BCUT2D eigenvalue weighted by Crippen LogP contribution is 2.34. The fourth-order valence-electron chi connectivity index (χ4n) is 2.73. The van der Waals surface area contributed by atoms with Gasteiger partial charge in [-0.1, -0.05) is 0 Å². The third kappa shape index (κ3) is 2.53. The lowest BCUT2D eigenvalue weighted by atomic mass is 9.77. The average molecular weight is 243 g/mol. The van der Waals surface area contributed by atoms with Crippen molar-refractivity contribution in [3.8, 4) is 0 Å². The molecule has 96 valence electrons. The quantitative estimate of drug-likeness (QED) is 0.242. The number of methoxy groups -OCH3 is 1. The van der Waals surface area contributed by atoms with Crippen molar-refractivity contribution in [1.82, 2.24) is 0 Å². The molecule has 1 saturated carbocycles. The highest BCUT2D eigenvalue weighted by molar-refractivity contribution is 5.26. The fourth-order valence-corrected chi connectivity index (χ4v) is 2.73. The number of nitrogens with zero attached hydrogens (tertiary/aromatic N) is 2. The normalized spacial score (nSPS) is 32.9. The first-order valence-electron chi connectivity index (χ1n) is 5.81. The molecule has 17 heavy (non-hydrogen) atoms. The Hall–Kier alpha value is -1.26. The van der Waals surface area contributed by atoms with Gasteiger partial charge in [0.05, 0.1) is 6.42 Å². The van der Waals surface area contributed by atoms with Gasteiger partial charge in [-0.05, 0) is 13.3 Å². The van der Waals surface area contributed by atoms with Crippen molar-refractivity contribution in [3.63, 3.8) is 0 Å². The molecule has 1 aliphatic carbocycles. The second-order valence-electron chi connectivity index (χ2n) is 4.64. The molecule has 0 radical (unpaired) electrons. The molecule has 1 fully saturated rings. The lowest BCUT2D eigenvalue weighted by Gasteiger charge is -2.36. The van der Waals surface area contributed by atoms with E-state index < -0.39 is 11.6 Å². The smallest absolute Gasteiger partial charge is 0.374 e. The Morgan fingerprint density at radius 1 is 1.53 bits per heavy atom. The van der Waals surface area contributed by atoms with E-state index in [0.717, 1.165) is 0 Å². The minimum atomic E-state index is -0.638. The minimum Gasteiger partial charge on any atom is -0.374 e. The van der Waals surface area contributed by atoms with Gasteiger partial charge in [-0.2, -0.15) is 4.79 Å². The summed E-state index contributed by atoms with van der Waals surface area (Å²) in [5, 5.41) is 10.9. The largest absolute Gasteiger partial charge is 0.424 e. The Morgan fingerprint density at radius 2 is 2.18 bits per heavy atom. The summed E-state index contributed by atoms with van der Waals surface area (Å²) < 4.78 is 6.86. The van der Waals surface area contributed by atoms with E-state index >= 15 is 0 Å². The standard InChI is InChI=1S/C11H19N2O4/c1-4-12(8-14)11(2)7-9(13(15)16)5-6-10(11)17-3/h9-10H,4-7H2,1-3H3/q+1. The molecule has 0 bridgehead atoms. The molecule has 1 rings (SSSR count). The number of carbonyl (C=O) groups excluding carboxylic acids is 1. The van der Waals surface area contributed by atoms with Crippen molar-refractivity contribution in [2.45, 2.75) is 50.8 Å². The maximum atomic E-state index is 11.0. The summed E-state index contributed by atoms with van der Waals surface area (Å²) in [5.41, 5.74) is -0.638. The average Bonchev–Trinajstić information content (AvgIpc) is 2.30. The van der Waals surface area contributed by atoms with Crippen molar-refractivity contribution < 1.29 is 19.0 Å². The molecule has 0 spiro atoms. The molecule has 0 N–H and O–H groups in total. The van der Waals surface area contributed by atoms with Gasteiger partial charge in [-0.25, -0.2) is 0 Å². The first-order valence-corrected chi connectivity index (χ1v) is 5.81. The number of likely N-dealkylation sites (N-methyl/N-ethyl adjacent to an activating group) is 1. The predicted octanol–water partition coefficient (Wildman–Crippen LogP) is 0.957.